The molecule has 230 valence electrons. The third kappa shape index (κ3) is 5.57. The molecule has 0 nitrogen and oxygen atoms in total. The van der Waals surface area contributed by atoms with Gasteiger partial charge in [-0.1, -0.05) is 108 Å². The lowest BCUT2D eigenvalue weighted by atomic mass is 9.89. The maximum Gasteiger partial charge on any atom is 0.416 e. The van der Waals surface area contributed by atoms with Crippen LogP contribution in [0.3, 0.4) is 0 Å². The van der Waals surface area contributed by atoms with Crippen molar-refractivity contribution in [2.24, 2.45) is 0 Å². The summed E-state index contributed by atoms with van der Waals surface area (Å²) in [5.74, 6) is 10.4. The van der Waals surface area contributed by atoms with Crippen LogP contribution in [0, 0.1) is 23.3 Å². The molecule has 0 radical (unpaired) electrons. The Balaban J connectivity index is 1.73. The van der Waals surface area contributed by atoms with E-state index >= 15 is 0 Å². The van der Waals surface area contributed by atoms with Gasteiger partial charge < -0.3 is 0 Å². The van der Waals surface area contributed by atoms with E-state index in [1.54, 1.807) is 0 Å². The Morgan fingerprint density at radius 3 is 1.22 bits per heavy atom. The Hall–Kier alpha value is -4.51. The Kier molecular flexibility index (Phi) is 8.22. The third-order valence-electron chi connectivity index (χ3n) is 9.66. The van der Waals surface area contributed by atoms with Gasteiger partial charge in [0.15, 0.2) is 0 Å². The molecule has 0 amide bonds. The molecular weight excluding hydrogens is 590 g/mol. The maximum absolute atomic E-state index is 13.2. The first-order chi connectivity index (χ1) is 21.9. The summed E-state index contributed by atoms with van der Waals surface area (Å²) in [5.41, 5.74) is 7.18. The predicted molar refractivity (Wildman–Crippen MR) is 192 cm³/mol. The minimum Gasteiger partial charge on any atom is -0.166 e. The predicted octanol–water partition coefficient (Wildman–Crippen LogP) is 12.3. The van der Waals surface area contributed by atoms with E-state index in [-0.39, 0.29) is 0 Å². The van der Waals surface area contributed by atoms with Crippen molar-refractivity contribution < 1.29 is 13.2 Å². The van der Waals surface area contributed by atoms with Gasteiger partial charge in [-0.15, -0.1) is 5.54 Å². The van der Waals surface area contributed by atoms with Crippen molar-refractivity contribution in [3.63, 3.8) is 0 Å². The second-order valence-electron chi connectivity index (χ2n) is 13.2. The Bertz CT molecular complexity index is 2110. The molecule has 0 saturated carbocycles. The minimum atomic E-state index is -4.39. The van der Waals surface area contributed by atoms with Crippen LogP contribution in [-0.2, 0) is 6.18 Å². The molecule has 46 heavy (non-hydrogen) atoms. The molecule has 0 aliphatic heterocycles. The van der Waals surface area contributed by atoms with Crippen molar-refractivity contribution >= 4 is 51.2 Å². The standard InChI is InChI=1S/C42H37F3Si/c1-27(2)46(28(3)4,29(5)6)22-21-37-40-25-33-13-9-7-11-31(33)23-38(40)36(20-17-30-15-18-35(19-16-30)42(43,44)45)39-24-32-12-8-10-14-34(32)26-41(37)39/h7-16,18-19,23-29H,1-6H3. The quantitative estimate of drug-likeness (QED) is 0.104. The molecular formula is C42H37F3Si. The first kappa shape index (κ1) is 31.5. The summed E-state index contributed by atoms with van der Waals surface area (Å²) in [6.07, 6.45) is -4.39. The SMILES string of the molecule is CC(C)[Si](C#Cc1c2cc3ccccc3cc2c(C#Cc2ccc(C(F)(F)F)cc2)c2cc3ccccc3cc12)(C(C)C)C(C)C. The zero-order valence-electron chi connectivity index (χ0n) is 27.1. The smallest absolute Gasteiger partial charge is 0.166 e. The third-order valence-corrected chi connectivity index (χ3v) is 16.0. The van der Waals surface area contributed by atoms with Crippen molar-refractivity contribution in [2.45, 2.75) is 64.3 Å². The van der Waals surface area contributed by atoms with Gasteiger partial charge in [-0.2, -0.15) is 13.2 Å². The van der Waals surface area contributed by atoms with E-state index in [4.69, 9.17) is 0 Å². The zero-order valence-corrected chi connectivity index (χ0v) is 28.1. The molecule has 0 N–H and O–H groups in total. The van der Waals surface area contributed by atoms with Gasteiger partial charge in [-0.25, -0.2) is 0 Å². The van der Waals surface area contributed by atoms with E-state index < -0.39 is 19.8 Å². The summed E-state index contributed by atoms with van der Waals surface area (Å²) in [7, 11) is -2.05. The van der Waals surface area contributed by atoms with E-state index in [0.717, 1.165) is 66.3 Å². The minimum absolute atomic E-state index is 0.494. The van der Waals surface area contributed by atoms with Crippen LogP contribution in [0.4, 0.5) is 13.2 Å². The molecule has 0 aliphatic carbocycles. The zero-order chi connectivity index (χ0) is 32.8. The molecule has 4 heteroatoms. The van der Waals surface area contributed by atoms with Crippen molar-refractivity contribution in [3.8, 4) is 23.3 Å². The van der Waals surface area contributed by atoms with Gasteiger partial charge in [0.05, 0.1) is 5.56 Å². The molecule has 6 rings (SSSR count). The fourth-order valence-electron chi connectivity index (χ4n) is 7.35. The van der Waals surface area contributed by atoms with Crippen LogP contribution in [0.2, 0.25) is 16.6 Å². The lowest BCUT2D eigenvalue weighted by molar-refractivity contribution is -0.137. The second-order valence-corrected chi connectivity index (χ2v) is 18.8. The lowest BCUT2D eigenvalue weighted by Crippen LogP contribution is -2.43. The van der Waals surface area contributed by atoms with Crippen LogP contribution in [0.1, 0.15) is 63.8 Å². The number of rotatable bonds is 3. The monoisotopic (exact) mass is 626 g/mol. The highest BCUT2D eigenvalue weighted by atomic mass is 28.3. The van der Waals surface area contributed by atoms with Crippen molar-refractivity contribution in [1.82, 2.24) is 0 Å². The number of benzene rings is 6. The lowest BCUT2D eigenvalue weighted by Gasteiger charge is -2.38. The molecule has 0 bridgehead atoms. The Labute approximate surface area is 270 Å². The van der Waals surface area contributed by atoms with E-state index in [9.17, 15) is 13.2 Å². The fourth-order valence-corrected chi connectivity index (χ4v) is 12.6. The molecule has 0 unspecified atom stereocenters. The molecule has 0 spiro atoms. The summed E-state index contributed by atoms with van der Waals surface area (Å²) in [6.45, 7) is 14.0. The Morgan fingerprint density at radius 2 is 0.870 bits per heavy atom. The van der Waals surface area contributed by atoms with Gasteiger partial charge in [-0.05, 0) is 108 Å². The van der Waals surface area contributed by atoms with Crippen LogP contribution in [0.25, 0.3) is 43.1 Å². The maximum atomic E-state index is 13.2. The molecule has 0 atom stereocenters. The molecule has 0 fully saturated rings. The van der Waals surface area contributed by atoms with Gasteiger partial charge in [0.1, 0.15) is 8.07 Å². The van der Waals surface area contributed by atoms with Gasteiger partial charge in [-0.3, -0.25) is 0 Å². The highest BCUT2D eigenvalue weighted by Crippen LogP contribution is 2.42. The highest BCUT2D eigenvalue weighted by Gasteiger charge is 2.41. The number of halogens is 3. The number of hydrogen-bond donors (Lipinski definition) is 0. The number of alkyl halides is 3. The van der Waals surface area contributed by atoms with Gasteiger partial charge in [0.2, 0.25) is 0 Å². The first-order valence-corrected chi connectivity index (χ1v) is 18.2. The molecule has 0 aromatic heterocycles. The van der Waals surface area contributed by atoms with Crippen molar-refractivity contribution in [1.29, 1.82) is 0 Å². The summed E-state index contributed by atoms with van der Waals surface area (Å²) < 4.78 is 39.7. The van der Waals surface area contributed by atoms with Gasteiger partial charge >= 0.3 is 6.18 Å². The fraction of sp³-hybridized carbons (Fsp3) is 0.238. The van der Waals surface area contributed by atoms with E-state index in [1.807, 2.05) is 24.3 Å². The van der Waals surface area contributed by atoms with Crippen molar-refractivity contribution in [2.75, 3.05) is 0 Å². The normalized spacial score (nSPS) is 12.3. The van der Waals surface area contributed by atoms with Gasteiger partial charge in [0.25, 0.3) is 0 Å². The molecule has 0 aliphatic rings. The number of fused-ring (bicyclic) bond motifs is 4. The second kappa shape index (κ2) is 12.0. The molecule has 6 aromatic carbocycles. The van der Waals surface area contributed by atoms with Crippen LogP contribution in [0.5, 0.6) is 0 Å². The highest BCUT2D eigenvalue weighted by molar-refractivity contribution is 6.90. The molecule has 0 heterocycles. The average molecular weight is 627 g/mol. The largest absolute Gasteiger partial charge is 0.416 e. The van der Waals surface area contributed by atoms with Crippen LogP contribution in [-0.4, -0.2) is 8.07 Å². The summed E-state index contributed by atoms with van der Waals surface area (Å²) >= 11 is 0. The molecule has 6 aromatic rings. The van der Waals surface area contributed by atoms with E-state index in [2.05, 4.69) is 113 Å². The van der Waals surface area contributed by atoms with Crippen LogP contribution in [0.15, 0.2) is 97.1 Å². The summed E-state index contributed by atoms with van der Waals surface area (Å²) in [6, 6.07) is 30.5. The number of hydrogen-bond acceptors (Lipinski definition) is 0. The summed E-state index contributed by atoms with van der Waals surface area (Å²) in [4.78, 5) is 0. The van der Waals surface area contributed by atoms with Crippen LogP contribution >= 0.6 is 0 Å². The van der Waals surface area contributed by atoms with E-state index in [0.29, 0.717) is 22.2 Å². The topological polar surface area (TPSA) is 0 Å². The first-order valence-electron chi connectivity index (χ1n) is 15.9. The van der Waals surface area contributed by atoms with Crippen molar-refractivity contribution in [3.05, 3.63) is 119 Å². The van der Waals surface area contributed by atoms with Gasteiger partial charge in [0, 0.05) is 16.7 Å². The molecule has 0 saturated heterocycles. The Morgan fingerprint density at radius 1 is 0.500 bits per heavy atom. The average Bonchev–Trinajstić information content (AvgIpc) is 3.02. The van der Waals surface area contributed by atoms with E-state index in [1.165, 1.54) is 12.1 Å². The summed E-state index contributed by atoms with van der Waals surface area (Å²) in [5, 5.41) is 8.53. The van der Waals surface area contributed by atoms with Crippen LogP contribution < -0.4 is 0 Å².